The van der Waals surface area contributed by atoms with E-state index in [0.717, 1.165) is 41.1 Å². The third-order valence-corrected chi connectivity index (χ3v) is 6.06. The maximum absolute atomic E-state index is 13.0. The molecule has 0 amide bonds. The summed E-state index contributed by atoms with van der Waals surface area (Å²) in [5, 5.41) is 12.1. The first-order chi connectivity index (χ1) is 13.9. The number of rotatable bonds is 6. The molecule has 1 aliphatic rings. The number of nitrogens with one attached hydrogen (secondary N) is 1. The van der Waals surface area contributed by atoms with Gasteiger partial charge in [0.2, 0.25) is 0 Å². The second-order valence-electron chi connectivity index (χ2n) is 8.66. The highest BCUT2D eigenvalue weighted by atomic mass is 16.3. The van der Waals surface area contributed by atoms with Crippen LogP contribution in [0.3, 0.4) is 0 Å². The van der Waals surface area contributed by atoms with Gasteiger partial charge in [0.1, 0.15) is 5.82 Å². The first-order valence-corrected chi connectivity index (χ1v) is 10.4. The average molecular weight is 395 g/mol. The summed E-state index contributed by atoms with van der Waals surface area (Å²) in [5.41, 5.74) is 1.97. The van der Waals surface area contributed by atoms with Crippen LogP contribution < -0.4 is 0 Å². The van der Waals surface area contributed by atoms with E-state index in [1.807, 2.05) is 37.4 Å². The van der Waals surface area contributed by atoms with E-state index in [1.54, 1.807) is 6.20 Å². The van der Waals surface area contributed by atoms with Crippen LogP contribution in [0.25, 0.3) is 10.9 Å². The number of carbonyl (C=O) groups is 1. The quantitative estimate of drug-likeness (QED) is 0.628. The van der Waals surface area contributed by atoms with Gasteiger partial charge in [-0.2, -0.15) is 0 Å². The number of nitrogens with zero attached hydrogens (tertiary/aromatic N) is 3. The molecule has 0 bridgehead atoms. The largest absolute Gasteiger partial charge is 0.388 e. The van der Waals surface area contributed by atoms with E-state index in [4.69, 9.17) is 0 Å². The number of fused-ring (bicyclic) bond motifs is 1. The Morgan fingerprint density at radius 3 is 2.72 bits per heavy atom. The maximum Gasteiger partial charge on any atom is 0.179 e. The minimum Gasteiger partial charge on any atom is -0.388 e. The van der Waals surface area contributed by atoms with Crippen LogP contribution in [0.15, 0.2) is 36.7 Å². The van der Waals surface area contributed by atoms with Gasteiger partial charge < -0.3 is 14.7 Å². The van der Waals surface area contributed by atoms with Crippen LogP contribution >= 0.6 is 0 Å². The highest BCUT2D eigenvalue weighted by Crippen LogP contribution is 2.27. The Morgan fingerprint density at radius 2 is 2.00 bits per heavy atom. The molecule has 3 heterocycles. The van der Waals surface area contributed by atoms with E-state index in [9.17, 15) is 9.90 Å². The SMILES string of the molecule is Cc1[nH]c2ccccc2c1C(=O)CN1CCC(O)(Cn2ccnc2C(C)C)CC1. The molecule has 2 N–H and O–H groups in total. The van der Waals surface area contributed by atoms with Crippen molar-refractivity contribution in [2.24, 2.45) is 0 Å². The molecule has 1 fully saturated rings. The number of benzene rings is 1. The predicted octanol–water partition coefficient (Wildman–Crippen LogP) is 3.51. The lowest BCUT2D eigenvalue weighted by molar-refractivity contribution is -0.0333. The Hall–Kier alpha value is -2.44. The Labute approximate surface area is 171 Å². The topological polar surface area (TPSA) is 74.2 Å². The van der Waals surface area contributed by atoms with Crippen LogP contribution in [0.2, 0.25) is 0 Å². The van der Waals surface area contributed by atoms with Crippen molar-refractivity contribution in [3.63, 3.8) is 0 Å². The number of ketones is 1. The Balaban J connectivity index is 1.40. The monoisotopic (exact) mass is 394 g/mol. The predicted molar refractivity (Wildman–Crippen MR) is 114 cm³/mol. The van der Waals surface area contributed by atoms with Gasteiger partial charge in [-0.15, -0.1) is 0 Å². The Kier molecular flexibility index (Phi) is 5.32. The number of aromatic amines is 1. The second kappa shape index (κ2) is 7.76. The molecule has 6 heteroatoms. The molecule has 154 valence electrons. The van der Waals surface area contributed by atoms with E-state index in [-0.39, 0.29) is 5.78 Å². The molecular weight excluding hydrogens is 364 g/mol. The zero-order valence-electron chi connectivity index (χ0n) is 17.5. The number of aryl methyl sites for hydroxylation is 1. The van der Waals surface area contributed by atoms with E-state index < -0.39 is 5.60 Å². The van der Waals surface area contributed by atoms with Gasteiger partial charge in [-0.05, 0) is 25.8 Å². The summed E-state index contributed by atoms with van der Waals surface area (Å²) < 4.78 is 2.07. The lowest BCUT2D eigenvalue weighted by Gasteiger charge is -2.38. The average Bonchev–Trinajstić information content (AvgIpc) is 3.26. The highest BCUT2D eigenvalue weighted by molar-refractivity contribution is 6.10. The molecule has 6 nitrogen and oxygen atoms in total. The molecule has 29 heavy (non-hydrogen) atoms. The second-order valence-corrected chi connectivity index (χ2v) is 8.66. The van der Waals surface area contributed by atoms with Gasteiger partial charge in [0, 0.05) is 53.6 Å². The van der Waals surface area contributed by atoms with E-state index in [0.29, 0.717) is 31.8 Å². The number of hydrogen-bond acceptors (Lipinski definition) is 4. The van der Waals surface area contributed by atoms with Crippen molar-refractivity contribution in [1.29, 1.82) is 0 Å². The summed E-state index contributed by atoms with van der Waals surface area (Å²) in [5.74, 6) is 1.47. The number of aliphatic hydroxyl groups is 1. The zero-order valence-corrected chi connectivity index (χ0v) is 17.5. The fraction of sp³-hybridized carbons (Fsp3) is 0.478. The number of para-hydroxylation sites is 1. The summed E-state index contributed by atoms with van der Waals surface area (Å²) in [4.78, 5) is 22.9. The summed E-state index contributed by atoms with van der Waals surface area (Å²) in [6.07, 6.45) is 5.06. The lowest BCUT2D eigenvalue weighted by atomic mass is 9.90. The van der Waals surface area contributed by atoms with Gasteiger partial charge in [-0.25, -0.2) is 4.98 Å². The molecule has 0 radical (unpaired) electrons. The van der Waals surface area contributed by atoms with Gasteiger partial charge in [0.15, 0.2) is 5.78 Å². The molecule has 0 atom stereocenters. The molecule has 0 spiro atoms. The van der Waals surface area contributed by atoms with E-state index in [2.05, 4.69) is 33.3 Å². The Morgan fingerprint density at radius 1 is 1.28 bits per heavy atom. The molecule has 2 aromatic heterocycles. The van der Waals surface area contributed by atoms with Gasteiger partial charge in [-0.3, -0.25) is 9.69 Å². The van der Waals surface area contributed by atoms with Gasteiger partial charge in [0.25, 0.3) is 0 Å². The summed E-state index contributed by atoms with van der Waals surface area (Å²) >= 11 is 0. The minimum atomic E-state index is -0.749. The molecule has 1 saturated heterocycles. The third kappa shape index (κ3) is 4.00. The number of Topliss-reactive ketones (excluding diaryl/α,β-unsaturated/α-hetero) is 1. The summed E-state index contributed by atoms with van der Waals surface area (Å²) in [6, 6.07) is 7.94. The molecule has 1 aromatic carbocycles. The molecular formula is C23H30N4O2. The first-order valence-electron chi connectivity index (χ1n) is 10.4. The summed E-state index contributed by atoms with van der Waals surface area (Å²) in [6.45, 7) is 8.57. The van der Waals surface area contributed by atoms with Gasteiger partial charge in [-0.1, -0.05) is 32.0 Å². The van der Waals surface area contributed by atoms with Crippen LogP contribution in [-0.4, -0.2) is 55.6 Å². The van der Waals surface area contributed by atoms with Gasteiger partial charge in [0.05, 0.1) is 18.7 Å². The van der Waals surface area contributed by atoms with Gasteiger partial charge >= 0.3 is 0 Å². The molecule has 3 aromatic rings. The van der Waals surface area contributed by atoms with Crippen molar-refractivity contribution in [1.82, 2.24) is 19.4 Å². The number of hydrogen-bond donors (Lipinski definition) is 2. The smallest absolute Gasteiger partial charge is 0.179 e. The number of H-pyrrole nitrogens is 1. The molecule has 0 aliphatic carbocycles. The van der Waals surface area contributed by atoms with Crippen molar-refractivity contribution in [2.45, 2.75) is 51.7 Å². The first kappa shape index (κ1) is 19.9. The van der Waals surface area contributed by atoms with Crippen LogP contribution in [-0.2, 0) is 6.54 Å². The lowest BCUT2D eigenvalue weighted by Crippen LogP contribution is -2.48. The van der Waals surface area contributed by atoms with Crippen molar-refractivity contribution < 1.29 is 9.90 Å². The maximum atomic E-state index is 13.0. The van der Waals surface area contributed by atoms with Crippen molar-refractivity contribution >= 4 is 16.7 Å². The molecule has 0 saturated carbocycles. The van der Waals surface area contributed by atoms with Crippen LogP contribution in [0.5, 0.6) is 0 Å². The van der Waals surface area contributed by atoms with Crippen molar-refractivity contribution in [3.8, 4) is 0 Å². The summed E-state index contributed by atoms with van der Waals surface area (Å²) in [7, 11) is 0. The number of aromatic nitrogens is 3. The molecule has 1 aliphatic heterocycles. The van der Waals surface area contributed by atoms with Crippen molar-refractivity contribution in [2.75, 3.05) is 19.6 Å². The van der Waals surface area contributed by atoms with E-state index in [1.165, 1.54) is 0 Å². The normalized spacial score (nSPS) is 17.3. The highest BCUT2D eigenvalue weighted by Gasteiger charge is 2.34. The third-order valence-electron chi connectivity index (χ3n) is 6.06. The fourth-order valence-corrected chi connectivity index (χ4v) is 4.48. The van der Waals surface area contributed by atoms with Crippen LogP contribution in [0, 0.1) is 6.92 Å². The Bertz CT molecular complexity index is 1010. The number of imidazole rings is 1. The molecule has 4 rings (SSSR count). The zero-order chi connectivity index (χ0) is 20.6. The number of piperidine rings is 1. The fourth-order valence-electron chi connectivity index (χ4n) is 4.48. The number of carbonyl (C=O) groups excluding carboxylic acids is 1. The number of likely N-dealkylation sites (tertiary alicyclic amines) is 1. The van der Waals surface area contributed by atoms with E-state index >= 15 is 0 Å². The van der Waals surface area contributed by atoms with Crippen LogP contribution in [0.1, 0.15) is 54.5 Å². The molecule has 0 unspecified atom stereocenters. The van der Waals surface area contributed by atoms with Crippen molar-refractivity contribution in [3.05, 3.63) is 53.7 Å². The standard InChI is InChI=1S/C23H30N4O2/c1-16(2)22-24-10-13-27(22)15-23(29)8-11-26(12-9-23)14-20(28)21-17(3)25-19-7-5-4-6-18(19)21/h4-7,10,13,16,25,29H,8-9,11-12,14-15H2,1-3H3. The van der Waals surface area contributed by atoms with Crippen LogP contribution in [0.4, 0.5) is 0 Å². The minimum absolute atomic E-state index is 0.141.